The first kappa shape index (κ1) is 13.7. The lowest BCUT2D eigenvalue weighted by Crippen LogP contribution is -2.48. The van der Waals surface area contributed by atoms with E-state index in [1.165, 1.54) is 20.8 Å². The van der Waals surface area contributed by atoms with Gasteiger partial charge in [0.15, 0.2) is 0 Å². The fourth-order valence-corrected chi connectivity index (χ4v) is 0.704. The van der Waals surface area contributed by atoms with Crippen LogP contribution in [0.3, 0.4) is 0 Å². The second-order valence-electron chi connectivity index (χ2n) is 4.61. The van der Waals surface area contributed by atoms with Crippen LogP contribution in [0.1, 0.15) is 34.6 Å². The number of carbonyl (C=O) groups excluding carboxylic acids is 1. The molecule has 4 heteroatoms. The van der Waals surface area contributed by atoms with Crippen molar-refractivity contribution in [2.45, 2.75) is 40.2 Å². The van der Waals surface area contributed by atoms with Gasteiger partial charge in [0.2, 0.25) is 0 Å². The minimum atomic E-state index is -1.15. The van der Waals surface area contributed by atoms with Gasteiger partial charge in [0.1, 0.15) is 11.0 Å². The lowest BCUT2D eigenvalue weighted by molar-refractivity contribution is -0.176. The van der Waals surface area contributed by atoms with Gasteiger partial charge < -0.3 is 9.84 Å². The van der Waals surface area contributed by atoms with Gasteiger partial charge in [-0.05, 0) is 34.6 Å². The number of rotatable bonds is 4. The first-order chi connectivity index (χ1) is 6.52. The fourth-order valence-electron chi connectivity index (χ4n) is 0.704. The molecule has 0 rings (SSSR count). The summed E-state index contributed by atoms with van der Waals surface area (Å²) >= 11 is 0. The van der Waals surface area contributed by atoms with Crippen LogP contribution in [0.25, 0.3) is 0 Å². The lowest BCUT2D eigenvalue weighted by Gasteiger charge is -2.37. The van der Waals surface area contributed by atoms with Crippen molar-refractivity contribution in [1.82, 2.24) is 0 Å². The Labute approximate surface area is 89.9 Å². The summed E-state index contributed by atoms with van der Waals surface area (Å²) in [6.45, 7) is 11.1. The Morgan fingerprint density at radius 2 is 1.60 bits per heavy atom. The molecule has 0 fully saturated rings. The third-order valence-corrected chi connectivity index (χ3v) is 2.74. The van der Waals surface area contributed by atoms with Gasteiger partial charge in [-0.3, -0.25) is 4.79 Å². The zero-order chi connectivity index (χ0) is 12.4. The molecule has 15 heavy (non-hydrogen) atoms. The van der Waals surface area contributed by atoms with Crippen LogP contribution in [0.2, 0.25) is 0 Å². The molecule has 0 radical (unpaired) electrons. The van der Waals surface area contributed by atoms with Gasteiger partial charge in [-0.25, -0.2) is 4.79 Å². The highest BCUT2D eigenvalue weighted by Crippen LogP contribution is 2.34. The molecule has 0 heterocycles. The first-order valence-electron chi connectivity index (χ1n) is 4.64. The molecule has 0 atom stereocenters. The number of ether oxygens (including phenoxy) is 1. The Morgan fingerprint density at radius 1 is 1.20 bits per heavy atom. The predicted octanol–water partition coefficient (Wildman–Crippen LogP) is 2.00. The van der Waals surface area contributed by atoms with E-state index in [4.69, 9.17) is 9.84 Å². The Hall–Kier alpha value is -1.32. The topological polar surface area (TPSA) is 63.6 Å². The van der Waals surface area contributed by atoms with Gasteiger partial charge in [0, 0.05) is 5.57 Å². The van der Waals surface area contributed by atoms with E-state index < -0.39 is 23.0 Å². The zero-order valence-electron chi connectivity index (χ0n) is 9.88. The molecule has 0 aromatic heterocycles. The van der Waals surface area contributed by atoms with Crippen molar-refractivity contribution in [2.24, 2.45) is 5.41 Å². The molecule has 1 N–H and O–H groups in total. The Bertz CT molecular complexity index is 300. The molecule has 0 aromatic carbocycles. The SMILES string of the molecule is C=C(C)C(=O)OC(C)(C)C(C)(C)C(=O)O. The normalized spacial score (nSPS) is 12.1. The summed E-state index contributed by atoms with van der Waals surface area (Å²) in [7, 11) is 0. The monoisotopic (exact) mass is 214 g/mol. The van der Waals surface area contributed by atoms with Crippen LogP contribution in [0, 0.1) is 5.41 Å². The molecule has 0 unspecified atom stereocenters. The van der Waals surface area contributed by atoms with Crippen LogP contribution >= 0.6 is 0 Å². The molecular formula is C11H18O4. The maximum absolute atomic E-state index is 11.3. The number of carboxylic acids is 1. The molecule has 86 valence electrons. The summed E-state index contributed by atoms with van der Waals surface area (Å²) in [5.74, 6) is -1.59. The molecule has 0 saturated heterocycles. The highest BCUT2D eigenvalue weighted by atomic mass is 16.6. The van der Waals surface area contributed by atoms with Gasteiger partial charge in [0.05, 0.1) is 0 Å². The number of esters is 1. The lowest BCUT2D eigenvalue weighted by atomic mass is 9.77. The van der Waals surface area contributed by atoms with Gasteiger partial charge in [-0.1, -0.05) is 6.58 Å². The van der Waals surface area contributed by atoms with Crippen LogP contribution in [0.15, 0.2) is 12.2 Å². The van der Waals surface area contributed by atoms with Crippen molar-refractivity contribution in [2.75, 3.05) is 0 Å². The van der Waals surface area contributed by atoms with Crippen molar-refractivity contribution in [3.05, 3.63) is 12.2 Å². The first-order valence-corrected chi connectivity index (χ1v) is 4.64. The smallest absolute Gasteiger partial charge is 0.333 e. The summed E-state index contributed by atoms with van der Waals surface area (Å²) < 4.78 is 5.11. The number of hydrogen-bond donors (Lipinski definition) is 1. The number of hydrogen-bond acceptors (Lipinski definition) is 3. The summed E-state index contributed by atoms with van der Waals surface area (Å²) in [5, 5.41) is 9.01. The van der Waals surface area contributed by atoms with Crippen molar-refractivity contribution in [1.29, 1.82) is 0 Å². The molecule has 0 amide bonds. The minimum absolute atomic E-state index is 0.254. The molecule has 0 bridgehead atoms. The molecular weight excluding hydrogens is 196 g/mol. The van der Waals surface area contributed by atoms with E-state index in [2.05, 4.69) is 6.58 Å². The van der Waals surface area contributed by atoms with Crippen LogP contribution < -0.4 is 0 Å². The van der Waals surface area contributed by atoms with Gasteiger partial charge in [-0.15, -0.1) is 0 Å². The number of carboxylic acid groups (broad SMARTS) is 1. The Kier molecular flexibility index (Phi) is 3.69. The second kappa shape index (κ2) is 4.04. The Balaban J connectivity index is 4.91. The van der Waals surface area contributed by atoms with Crippen LogP contribution in [-0.4, -0.2) is 22.6 Å². The molecule has 0 spiro atoms. The fraction of sp³-hybridized carbons (Fsp3) is 0.636. The van der Waals surface area contributed by atoms with Gasteiger partial charge >= 0.3 is 11.9 Å². The average Bonchev–Trinajstić information content (AvgIpc) is 2.02. The average molecular weight is 214 g/mol. The summed E-state index contributed by atoms with van der Waals surface area (Å²) in [6.07, 6.45) is 0. The zero-order valence-corrected chi connectivity index (χ0v) is 9.88. The van der Waals surface area contributed by atoms with E-state index in [0.717, 1.165) is 0 Å². The van der Waals surface area contributed by atoms with Crippen LogP contribution in [0.4, 0.5) is 0 Å². The maximum atomic E-state index is 11.3. The van der Waals surface area contributed by atoms with Crippen molar-refractivity contribution in [3.8, 4) is 0 Å². The van der Waals surface area contributed by atoms with E-state index in [1.807, 2.05) is 0 Å². The highest BCUT2D eigenvalue weighted by Gasteiger charge is 2.46. The minimum Gasteiger partial charge on any atom is -0.481 e. The standard InChI is InChI=1S/C11H18O4/c1-7(2)8(12)15-11(5,6)10(3,4)9(13)14/h1H2,2-6H3,(H,13,14). The molecule has 0 aliphatic carbocycles. The molecule has 0 aromatic rings. The van der Waals surface area contributed by atoms with Crippen molar-refractivity contribution < 1.29 is 19.4 Å². The predicted molar refractivity (Wildman–Crippen MR) is 56.4 cm³/mol. The number of carbonyl (C=O) groups is 2. The molecule has 0 aliphatic rings. The van der Waals surface area contributed by atoms with Crippen molar-refractivity contribution >= 4 is 11.9 Å². The third kappa shape index (κ3) is 2.81. The van der Waals surface area contributed by atoms with Gasteiger partial charge in [-0.2, -0.15) is 0 Å². The van der Waals surface area contributed by atoms with E-state index in [0.29, 0.717) is 0 Å². The molecule has 0 saturated carbocycles. The van der Waals surface area contributed by atoms with Crippen LogP contribution in [0.5, 0.6) is 0 Å². The maximum Gasteiger partial charge on any atom is 0.333 e. The van der Waals surface area contributed by atoms with Crippen LogP contribution in [-0.2, 0) is 14.3 Å². The molecule has 4 nitrogen and oxygen atoms in total. The summed E-state index contributed by atoms with van der Waals surface area (Å²) in [5.41, 5.74) is -1.99. The van der Waals surface area contributed by atoms with E-state index in [-0.39, 0.29) is 5.57 Å². The summed E-state index contributed by atoms with van der Waals surface area (Å²) in [4.78, 5) is 22.3. The second-order valence-corrected chi connectivity index (χ2v) is 4.61. The van der Waals surface area contributed by atoms with E-state index >= 15 is 0 Å². The Morgan fingerprint density at radius 3 is 1.87 bits per heavy atom. The quantitative estimate of drug-likeness (QED) is 0.574. The molecule has 0 aliphatic heterocycles. The van der Waals surface area contributed by atoms with E-state index in [9.17, 15) is 9.59 Å². The summed E-state index contributed by atoms with van der Waals surface area (Å²) in [6, 6.07) is 0. The van der Waals surface area contributed by atoms with E-state index in [1.54, 1.807) is 13.8 Å². The number of aliphatic carboxylic acids is 1. The van der Waals surface area contributed by atoms with Gasteiger partial charge in [0.25, 0.3) is 0 Å². The van der Waals surface area contributed by atoms with Crippen molar-refractivity contribution in [3.63, 3.8) is 0 Å². The largest absolute Gasteiger partial charge is 0.481 e. The highest BCUT2D eigenvalue weighted by molar-refractivity contribution is 5.88. The third-order valence-electron chi connectivity index (χ3n) is 2.74.